The first-order valence-corrected chi connectivity index (χ1v) is 8.95. The smallest absolute Gasteiger partial charge is 0.158 e. The van der Waals surface area contributed by atoms with E-state index in [1.165, 1.54) is 29.5 Å². The SMILES string of the molecule is COc1cccc2c1CC[C@@H]1[C@H]2CCC2=C(C)C(=O)CC[C@]21C. The normalized spacial score (nSPS) is 32.9. The molecule has 4 rings (SSSR count). The van der Waals surface area contributed by atoms with E-state index < -0.39 is 0 Å². The largest absolute Gasteiger partial charge is 0.496 e. The van der Waals surface area contributed by atoms with Gasteiger partial charge in [0.25, 0.3) is 0 Å². The first kappa shape index (κ1) is 15.0. The van der Waals surface area contributed by atoms with Crippen LogP contribution in [0.4, 0.5) is 0 Å². The fraction of sp³-hybridized carbons (Fsp3) is 0.571. The van der Waals surface area contributed by atoms with Gasteiger partial charge in [-0.15, -0.1) is 0 Å². The van der Waals surface area contributed by atoms with E-state index in [2.05, 4.69) is 32.0 Å². The number of Topliss-reactive ketones (excluding diaryl/α,β-unsaturated/α-hetero) is 1. The van der Waals surface area contributed by atoms with Crippen LogP contribution in [0.15, 0.2) is 29.3 Å². The summed E-state index contributed by atoms with van der Waals surface area (Å²) in [6.07, 6.45) is 6.38. The Bertz CT molecular complexity index is 700. The summed E-state index contributed by atoms with van der Waals surface area (Å²) in [6.45, 7) is 4.50. The average molecular weight is 310 g/mol. The lowest BCUT2D eigenvalue weighted by atomic mass is 9.51. The molecular formula is C21H26O2. The van der Waals surface area contributed by atoms with Crippen LogP contribution in [0.1, 0.15) is 63.0 Å². The lowest BCUT2D eigenvalue weighted by Gasteiger charge is -2.53. The summed E-state index contributed by atoms with van der Waals surface area (Å²) in [7, 11) is 1.78. The third kappa shape index (κ3) is 2.03. The molecule has 0 saturated heterocycles. The van der Waals surface area contributed by atoms with Crippen LogP contribution in [0, 0.1) is 11.3 Å². The molecule has 0 unspecified atom stereocenters. The van der Waals surface area contributed by atoms with Crippen molar-refractivity contribution < 1.29 is 9.53 Å². The molecule has 0 N–H and O–H groups in total. The Morgan fingerprint density at radius 3 is 2.78 bits per heavy atom. The fourth-order valence-corrected chi connectivity index (χ4v) is 5.72. The van der Waals surface area contributed by atoms with Crippen molar-refractivity contribution >= 4 is 5.78 Å². The van der Waals surface area contributed by atoms with Crippen molar-refractivity contribution in [3.05, 3.63) is 40.5 Å². The highest BCUT2D eigenvalue weighted by Gasteiger charge is 2.50. The van der Waals surface area contributed by atoms with Crippen LogP contribution >= 0.6 is 0 Å². The van der Waals surface area contributed by atoms with Gasteiger partial charge >= 0.3 is 0 Å². The Hall–Kier alpha value is -1.57. The van der Waals surface area contributed by atoms with E-state index >= 15 is 0 Å². The molecule has 1 saturated carbocycles. The third-order valence-electron chi connectivity index (χ3n) is 6.94. The van der Waals surface area contributed by atoms with Crippen LogP contribution in [0.3, 0.4) is 0 Å². The zero-order valence-corrected chi connectivity index (χ0v) is 14.4. The van der Waals surface area contributed by atoms with Crippen LogP contribution < -0.4 is 4.74 Å². The van der Waals surface area contributed by atoms with Crippen molar-refractivity contribution in [1.82, 2.24) is 0 Å². The maximum absolute atomic E-state index is 12.2. The summed E-state index contributed by atoms with van der Waals surface area (Å²) in [5, 5.41) is 0. The number of benzene rings is 1. The predicted octanol–water partition coefficient (Wildman–Crippen LogP) is 4.82. The molecule has 3 atom stereocenters. The molecule has 0 amide bonds. The number of ether oxygens (including phenoxy) is 1. The second kappa shape index (κ2) is 5.22. The topological polar surface area (TPSA) is 26.3 Å². The lowest BCUT2D eigenvalue weighted by molar-refractivity contribution is -0.117. The van der Waals surface area contributed by atoms with Crippen LogP contribution in [0.25, 0.3) is 0 Å². The van der Waals surface area contributed by atoms with Crippen LogP contribution in [-0.4, -0.2) is 12.9 Å². The van der Waals surface area contributed by atoms with Gasteiger partial charge in [-0.05, 0) is 79.0 Å². The number of allylic oxidation sites excluding steroid dienone is 2. The number of methoxy groups -OCH3 is 1. The fourth-order valence-electron chi connectivity index (χ4n) is 5.72. The van der Waals surface area contributed by atoms with E-state index in [1.54, 1.807) is 7.11 Å². The molecule has 0 radical (unpaired) electrons. The number of fused-ring (bicyclic) bond motifs is 5. The highest BCUT2D eigenvalue weighted by Crippen LogP contribution is 2.60. The number of carbonyl (C=O) groups excluding carboxylic acids is 1. The molecule has 2 nitrogen and oxygen atoms in total. The highest BCUT2D eigenvalue weighted by atomic mass is 16.5. The molecule has 122 valence electrons. The number of ketones is 1. The van der Waals surface area contributed by atoms with Crippen molar-refractivity contribution in [3.63, 3.8) is 0 Å². The molecule has 2 heteroatoms. The number of carbonyl (C=O) groups is 1. The molecule has 1 fully saturated rings. The average Bonchev–Trinajstić information content (AvgIpc) is 2.57. The first-order valence-electron chi connectivity index (χ1n) is 8.95. The summed E-state index contributed by atoms with van der Waals surface area (Å²) in [5.74, 6) is 2.74. The molecular weight excluding hydrogens is 284 g/mol. The van der Waals surface area contributed by atoms with Gasteiger partial charge in [-0.2, -0.15) is 0 Å². The Kier molecular flexibility index (Phi) is 3.40. The van der Waals surface area contributed by atoms with Gasteiger partial charge in [-0.25, -0.2) is 0 Å². The summed E-state index contributed by atoms with van der Waals surface area (Å²) in [6, 6.07) is 6.55. The van der Waals surface area contributed by atoms with Crippen molar-refractivity contribution in [2.45, 2.75) is 58.3 Å². The Balaban J connectivity index is 1.79. The molecule has 0 spiro atoms. The zero-order valence-electron chi connectivity index (χ0n) is 14.4. The third-order valence-corrected chi connectivity index (χ3v) is 6.94. The van der Waals surface area contributed by atoms with Crippen molar-refractivity contribution in [2.75, 3.05) is 7.11 Å². The second-order valence-corrected chi connectivity index (χ2v) is 7.76. The summed E-state index contributed by atoms with van der Waals surface area (Å²) >= 11 is 0. The molecule has 0 bridgehead atoms. The molecule has 0 aliphatic heterocycles. The molecule has 23 heavy (non-hydrogen) atoms. The molecule has 3 aliphatic rings. The number of hydrogen-bond acceptors (Lipinski definition) is 2. The van der Waals surface area contributed by atoms with E-state index in [-0.39, 0.29) is 5.41 Å². The molecule has 0 aromatic heterocycles. The number of hydrogen-bond donors (Lipinski definition) is 0. The summed E-state index contributed by atoms with van der Waals surface area (Å²) < 4.78 is 5.60. The molecule has 3 aliphatic carbocycles. The van der Waals surface area contributed by atoms with E-state index in [4.69, 9.17) is 4.74 Å². The number of rotatable bonds is 1. The van der Waals surface area contributed by atoms with Gasteiger partial charge in [0.15, 0.2) is 5.78 Å². The minimum atomic E-state index is 0.224. The van der Waals surface area contributed by atoms with Gasteiger partial charge in [0, 0.05) is 6.42 Å². The van der Waals surface area contributed by atoms with Crippen LogP contribution in [-0.2, 0) is 11.2 Å². The van der Waals surface area contributed by atoms with E-state index in [0.717, 1.165) is 37.0 Å². The highest BCUT2D eigenvalue weighted by molar-refractivity contribution is 5.96. The molecule has 1 aromatic carbocycles. The van der Waals surface area contributed by atoms with Gasteiger partial charge < -0.3 is 4.74 Å². The predicted molar refractivity (Wildman–Crippen MR) is 91.8 cm³/mol. The van der Waals surface area contributed by atoms with E-state index in [0.29, 0.717) is 17.6 Å². The minimum Gasteiger partial charge on any atom is -0.496 e. The van der Waals surface area contributed by atoms with E-state index in [9.17, 15) is 4.79 Å². The Morgan fingerprint density at radius 1 is 1.17 bits per heavy atom. The maximum Gasteiger partial charge on any atom is 0.158 e. The van der Waals surface area contributed by atoms with Crippen molar-refractivity contribution in [2.24, 2.45) is 11.3 Å². The van der Waals surface area contributed by atoms with Gasteiger partial charge in [0.2, 0.25) is 0 Å². The first-order chi connectivity index (χ1) is 11.1. The van der Waals surface area contributed by atoms with Gasteiger partial charge in [0.1, 0.15) is 5.75 Å². The van der Waals surface area contributed by atoms with Crippen molar-refractivity contribution in [1.29, 1.82) is 0 Å². The minimum absolute atomic E-state index is 0.224. The van der Waals surface area contributed by atoms with Crippen LogP contribution in [0.2, 0.25) is 0 Å². The zero-order chi connectivity index (χ0) is 16.2. The monoisotopic (exact) mass is 310 g/mol. The molecule has 0 heterocycles. The lowest BCUT2D eigenvalue weighted by Crippen LogP contribution is -2.43. The van der Waals surface area contributed by atoms with Gasteiger partial charge in [0.05, 0.1) is 7.11 Å². The Morgan fingerprint density at radius 2 is 2.00 bits per heavy atom. The summed E-state index contributed by atoms with van der Waals surface area (Å²) in [5.41, 5.74) is 5.71. The van der Waals surface area contributed by atoms with Gasteiger partial charge in [-0.1, -0.05) is 24.6 Å². The molecule has 1 aromatic rings. The van der Waals surface area contributed by atoms with Crippen LogP contribution in [0.5, 0.6) is 5.75 Å². The van der Waals surface area contributed by atoms with E-state index in [1.807, 2.05) is 0 Å². The maximum atomic E-state index is 12.2. The summed E-state index contributed by atoms with van der Waals surface area (Å²) in [4.78, 5) is 12.2. The van der Waals surface area contributed by atoms with Crippen molar-refractivity contribution in [3.8, 4) is 5.75 Å². The second-order valence-electron chi connectivity index (χ2n) is 7.76. The quantitative estimate of drug-likeness (QED) is 0.743. The van der Waals surface area contributed by atoms with Gasteiger partial charge in [-0.3, -0.25) is 4.79 Å². The Labute approximate surface area is 138 Å². The standard InChI is InChI=1S/C21H26O2/c1-13-17-9-7-15-14-5-4-6-20(23-3)16(14)8-10-18(15)21(17,2)12-11-19(13)22/h4-6,15,18H,7-12H2,1-3H3/t15-,18+,21+/m0/s1.